The van der Waals surface area contributed by atoms with Crippen molar-refractivity contribution in [2.75, 3.05) is 12.1 Å². The zero-order chi connectivity index (χ0) is 22.0. The van der Waals surface area contributed by atoms with Crippen molar-refractivity contribution in [1.29, 1.82) is 0 Å². The zero-order valence-corrected chi connectivity index (χ0v) is 17.5. The Balaban J connectivity index is 1.75. The quantitative estimate of drug-likeness (QED) is 0.229. The Morgan fingerprint density at radius 2 is 2.06 bits per heavy atom. The molecule has 2 heterocycles. The van der Waals surface area contributed by atoms with Crippen LogP contribution in [0.1, 0.15) is 15.2 Å². The number of thiazole rings is 1. The molecule has 0 saturated carbocycles. The first-order chi connectivity index (χ1) is 14.9. The van der Waals surface area contributed by atoms with E-state index in [9.17, 15) is 19.3 Å². The Labute approximate surface area is 183 Å². The van der Waals surface area contributed by atoms with E-state index in [-0.39, 0.29) is 10.1 Å². The number of aromatic nitrogens is 1. The Hall–Kier alpha value is -3.70. The van der Waals surface area contributed by atoms with Crippen molar-refractivity contribution in [2.24, 2.45) is 5.10 Å². The average Bonchev–Trinajstić information content (AvgIpc) is 3.40. The summed E-state index contributed by atoms with van der Waals surface area (Å²) in [6.45, 7) is 0. The van der Waals surface area contributed by atoms with Gasteiger partial charge in [-0.15, -0.1) is 0 Å². The molecular weight excluding hydrogens is 443 g/mol. The van der Waals surface area contributed by atoms with Crippen LogP contribution >= 0.6 is 22.7 Å². The van der Waals surface area contributed by atoms with Gasteiger partial charge in [-0.05, 0) is 42.5 Å². The molecule has 31 heavy (non-hydrogen) atoms. The summed E-state index contributed by atoms with van der Waals surface area (Å²) < 4.78 is 19.3. The van der Waals surface area contributed by atoms with Crippen molar-refractivity contribution in [1.82, 2.24) is 4.98 Å². The van der Waals surface area contributed by atoms with Crippen molar-refractivity contribution in [3.05, 3.63) is 81.0 Å². The first-order valence-electron chi connectivity index (χ1n) is 8.77. The van der Waals surface area contributed by atoms with Crippen molar-refractivity contribution in [3.8, 4) is 5.75 Å². The van der Waals surface area contributed by atoms with Gasteiger partial charge < -0.3 is 4.74 Å². The van der Waals surface area contributed by atoms with Gasteiger partial charge in [0.15, 0.2) is 0 Å². The van der Waals surface area contributed by atoms with Crippen LogP contribution in [0, 0.1) is 15.9 Å². The monoisotopic (exact) mass is 456 g/mol. The molecule has 2 aromatic carbocycles. The van der Waals surface area contributed by atoms with Crippen LogP contribution in [-0.2, 0) is 0 Å². The number of nitro groups is 1. The lowest BCUT2D eigenvalue weighted by atomic mass is 10.2. The van der Waals surface area contributed by atoms with Crippen LogP contribution < -0.4 is 9.75 Å². The Morgan fingerprint density at radius 3 is 2.81 bits per heavy atom. The van der Waals surface area contributed by atoms with Gasteiger partial charge >= 0.3 is 5.00 Å². The molecule has 0 aliphatic rings. The highest BCUT2D eigenvalue weighted by atomic mass is 32.1. The fourth-order valence-electron chi connectivity index (χ4n) is 2.67. The molecule has 0 spiro atoms. The lowest BCUT2D eigenvalue weighted by Crippen LogP contribution is -2.25. The highest BCUT2D eigenvalue weighted by Gasteiger charge is 2.22. The van der Waals surface area contributed by atoms with E-state index in [2.05, 4.69) is 10.1 Å². The van der Waals surface area contributed by atoms with Gasteiger partial charge in [0.05, 0.1) is 33.3 Å². The molecule has 0 bridgehead atoms. The predicted molar refractivity (Wildman–Crippen MR) is 118 cm³/mol. The van der Waals surface area contributed by atoms with Crippen molar-refractivity contribution >= 4 is 55.1 Å². The van der Waals surface area contributed by atoms with Crippen molar-refractivity contribution in [2.45, 2.75) is 0 Å². The number of thiophene rings is 1. The van der Waals surface area contributed by atoms with Gasteiger partial charge in [0.2, 0.25) is 5.13 Å². The second-order valence-electron chi connectivity index (χ2n) is 6.14. The highest BCUT2D eigenvalue weighted by molar-refractivity contribution is 7.22. The number of rotatable bonds is 6. The van der Waals surface area contributed by atoms with E-state index in [4.69, 9.17) is 4.74 Å². The number of amides is 1. The van der Waals surface area contributed by atoms with Crippen molar-refractivity contribution in [3.63, 3.8) is 0 Å². The van der Waals surface area contributed by atoms with Gasteiger partial charge in [-0.25, -0.2) is 9.37 Å². The van der Waals surface area contributed by atoms with Crippen LogP contribution in [0.25, 0.3) is 10.2 Å². The number of nitrogens with zero attached hydrogens (tertiary/aromatic N) is 4. The number of halogens is 1. The van der Waals surface area contributed by atoms with E-state index in [1.54, 1.807) is 24.3 Å². The number of ether oxygens (including phenoxy) is 1. The lowest BCUT2D eigenvalue weighted by molar-refractivity contribution is -0.380. The molecule has 0 fully saturated rings. The molecule has 0 saturated heterocycles. The largest absolute Gasteiger partial charge is 0.497 e. The second-order valence-corrected chi connectivity index (χ2v) is 8.24. The Bertz CT molecular complexity index is 1320. The second kappa shape index (κ2) is 8.58. The first kappa shape index (κ1) is 20.6. The van der Waals surface area contributed by atoms with Crippen LogP contribution in [0.5, 0.6) is 5.75 Å². The van der Waals surface area contributed by atoms with Crippen LogP contribution in [0.2, 0.25) is 0 Å². The Kier molecular flexibility index (Phi) is 5.69. The molecule has 0 atom stereocenters. The summed E-state index contributed by atoms with van der Waals surface area (Å²) in [4.78, 5) is 28.5. The summed E-state index contributed by atoms with van der Waals surface area (Å²) in [7, 11) is 1.49. The molecule has 0 aliphatic carbocycles. The number of benzene rings is 2. The fraction of sp³-hybridized carbons (Fsp3) is 0.0500. The van der Waals surface area contributed by atoms with E-state index < -0.39 is 16.6 Å². The molecule has 4 rings (SSSR count). The third-order valence-electron chi connectivity index (χ3n) is 4.12. The number of fused-ring (bicyclic) bond motifs is 1. The molecule has 0 unspecified atom stereocenters. The first-order valence-corrected chi connectivity index (χ1v) is 10.4. The molecule has 156 valence electrons. The Morgan fingerprint density at radius 1 is 1.23 bits per heavy atom. The molecule has 0 N–H and O–H groups in total. The van der Waals surface area contributed by atoms with Crippen LogP contribution in [0.15, 0.2) is 59.7 Å². The SMILES string of the molecule is COc1cccc(C(=O)N(N=Cc2ccc([N+](=O)[O-])s2)c2nc3ccc(F)cc3s2)c1. The molecule has 0 radical (unpaired) electrons. The molecular formula is C20H13FN4O4S2. The lowest BCUT2D eigenvalue weighted by Gasteiger charge is -2.14. The summed E-state index contributed by atoms with van der Waals surface area (Å²) in [6.07, 6.45) is 1.35. The number of carbonyl (C=O) groups is 1. The minimum atomic E-state index is -0.497. The minimum absolute atomic E-state index is 0.0393. The number of hydrogen-bond acceptors (Lipinski definition) is 8. The summed E-state index contributed by atoms with van der Waals surface area (Å²) >= 11 is 2.03. The molecule has 1 amide bonds. The number of anilines is 1. The zero-order valence-electron chi connectivity index (χ0n) is 15.9. The summed E-state index contributed by atoms with van der Waals surface area (Å²) in [5, 5.41) is 16.4. The minimum Gasteiger partial charge on any atom is -0.497 e. The predicted octanol–water partition coefficient (Wildman–Crippen LogP) is 5.09. The van der Waals surface area contributed by atoms with Gasteiger partial charge in [-0.3, -0.25) is 14.9 Å². The van der Waals surface area contributed by atoms with Gasteiger partial charge in [-0.1, -0.05) is 28.7 Å². The average molecular weight is 456 g/mol. The van der Waals surface area contributed by atoms with Crippen LogP contribution in [0.3, 0.4) is 0 Å². The maximum atomic E-state index is 13.6. The standard InChI is InChI=1S/C20H13FN4O4S2/c1-29-14-4-2-3-12(9-14)19(26)24(22-11-15-6-8-18(30-15)25(27)28)20-23-16-7-5-13(21)10-17(16)31-20/h2-11H,1H3. The number of carbonyl (C=O) groups excluding carboxylic acids is 1. The highest BCUT2D eigenvalue weighted by Crippen LogP contribution is 2.31. The summed E-state index contributed by atoms with van der Waals surface area (Å²) in [5.41, 5.74) is 0.825. The molecule has 11 heteroatoms. The molecule has 8 nitrogen and oxygen atoms in total. The molecule has 4 aromatic rings. The third kappa shape index (κ3) is 4.42. The van der Waals surface area contributed by atoms with E-state index in [1.807, 2.05) is 0 Å². The fourth-order valence-corrected chi connectivity index (χ4v) is 4.30. The van der Waals surface area contributed by atoms with Crippen LogP contribution in [0.4, 0.5) is 14.5 Å². The van der Waals surface area contributed by atoms with E-state index in [1.165, 1.54) is 43.7 Å². The van der Waals surface area contributed by atoms with Gasteiger partial charge in [0.25, 0.3) is 5.91 Å². The summed E-state index contributed by atoms with van der Waals surface area (Å²) in [6, 6.07) is 13.6. The van der Waals surface area contributed by atoms with E-state index >= 15 is 0 Å². The number of hydrazone groups is 1. The normalized spacial score (nSPS) is 11.2. The maximum absolute atomic E-state index is 13.6. The van der Waals surface area contributed by atoms with Gasteiger partial charge in [0, 0.05) is 11.6 Å². The summed E-state index contributed by atoms with van der Waals surface area (Å²) in [5.74, 6) is -0.404. The molecule has 2 aromatic heterocycles. The van der Waals surface area contributed by atoms with Gasteiger partial charge in [-0.2, -0.15) is 10.1 Å². The van der Waals surface area contributed by atoms with Gasteiger partial charge in [0.1, 0.15) is 11.6 Å². The topological polar surface area (TPSA) is 97.9 Å². The van der Waals surface area contributed by atoms with Crippen molar-refractivity contribution < 1.29 is 18.8 Å². The maximum Gasteiger partial charge on any atom is 0.324 e. The molecule has 0 aliphatic heterocycles. The number of methoxy groups -OCH3 is 1. The third-order valence-corrected chi connectivity index (χ3v) is 6.09. The smallest absolute Gasteiger partial charge is 0.324 e. The van der Waals surface area contributed by atoms with E-state index in [0.717, 1.165) is 27.7 Å². The van der Waals surface area contributed by atoms with E-state index in [0.29, 0.717) is 26.4 Å². The number of hydrogen-bond donors (Lipinski definition) is 0. The van der Waals surface area contributed by atoms with Crippen LogP contribution in [-0.4, -0.2) is 29.1 Å².